The summed E-state index contributed by atoms with van der Waals surface area (Å²) in [4.78, 5) is 14.5. The van der Waals surface area contributed by atoms with Gasteiger partial charge >= 0.3 is 0 Å². The van der Waals surface area contributed by atoms with Crippen LogP contribution >= 0.6 is 0 Å². The normalized spacial score (nSPS) is 44.2. The molecule has 11 nitrogen and oxygen atoms in total. The van der Waals surface area contributed by atoms with E-state index in [2.05, 4.69) is 0 Å². The van der Waals surface area contributed by atoms with Gasteiger partial charge in [-0.3, -0.25) is 4.79 Å². The maximum Gasteiger partial charge on any atom is 0.160 e. The highest BCUT2D eigenvalue weighted by Crippen LogP contribution is 2.72. The van der Waals surface area contributed by atoms with Gasteiger partial charge in [0.2, 0.25) is 0 Å². The minimum atomic E-state index is -1.62. The Morgan fingerprint density at radius 1 is 1.02 bits per heavy atom. The number of aromatic hydroxyl groups is 2. The van der Waals surface area contributed by atoms with Gasteiger partial charge in [-0.05, 0) is 78.2 Å². The average molecular weight is 689 g/mol. The number of hydrogen-bond donors (Lipinski definition) is 8. The van der Waals surface area contributed by atoms with E-state index in [4.69, 9.17) is 9.47 Å². The van der Waals surface area contributed by atoms with Crippen molar-refractivity contribution in [2.45, 2.75) is 121 Å². The molecule has 4 aliphatic carbocycles. The van der Waals surface area contributed by atoms with Gasteiger partial charge in [-0.1, -0.05) is 34.6 Å². The molecule has 8 N–H and O–H groups in total. The second-order valence-corrected chi connectivity index (χ2v) is 16.7. The third kappa shape index (κ3) is 5.41. The fourth-order valence-electron chi connectivity index (χ4n) is 11.2. The first-order chi connectivity index (χ1) is 23.0. The quantitative estimate of drug-likeness (QED) is 0.168. The molecule has 4 fully saturated rings. The van der Waals surface area contributed by atoms with Crippen LogP contribution in [0.1, 0.15) is 84.6 Å². The van der Waals surface area contributed by atoms with Crippen molar-refractivity contribution in [2.24, 2.45) is 40.4 Å². The predicted molar refractivity (Wildman–Crippen MR) is 178 cm³/mol. The zero-order valence-electron chi connectivity index (χ0n) is 29.3. The molecule has 5 aliphatic rings. The number of ketones is 1. The molecule has 6 rings (SSSR count). The largest absolute Gasteiger partial charge is 0.508 e. The Morgan fingerprint density at radius 3 is 2.31 bits per heavy atom. The van der Waals surface area contributed by atoms with Crippen molar-refractivity contribution < 1.29 is 55.1 Å². The lowest BCUT2D eigenvalue weighted by Crippen LogP contribution is -2.65. The summed E-state index contributed by atoms with van der Waals surface area (Å²) in [5.74, 6) is -3.29. The first kappa shape index (κ1) is 36.7. The number of phenols is 2. The van der Waals surface area contributed by atoms with E-state index in [1.807, 2.05) is 34.6 Å². The number of benzene rings is 1. The summed E-state index contributed by atoms with van der Waals surface area (Å²) < 4.78 is 12.7. The highest BCUT2D eigenvalue weighted by atomic mass is 16.5. The summed E-state index contributed by atoms with van der Waals surface area (Å²) in [7, 11) is 0. The highest BCUT2D eigenvalue weighted by Gasteiger charge is 2.76. The van der Waals surface area contributed by atoms with Crippen molar-refractivity contribution >= 4 is 5.78 Å². The van der Waals surface area contributed by atoms with Gasteiger partial charge < -0.3 is 50.3 Å². The Bertz CT molecular complexity index is 1430. The molecule has 274 valence electrons. The summed E-state index contributed by atoms with van der Waals surface area (Å²) in [6.07, 6.45) is -1.17. The van der Waals surface area contributed by atoms with E-state index in [1.54, 1.807) is 0 Å². The van der Waals surface area contributed by atoms with Crippen molar-refractivity contribution in [3.8, 4) is 11.5 Å². The number of fused-ring (bicyclic) bond motifs is 7. The SMILES string of the molecule is CC(C)[C@H](C)[C@H](O)[C@H]1O[C@H]2C[C@]3(O)C4=CC(=O)[C@H]5[C@H](c6cc(O)cc(O)c6)[C@@H](O)[C@@H](OCCCO)C[C@]5(C)[C@@H]4CC[C@]3(C)[C@@H]2[C@]1(O)CCO. The molecule has 1 aromatic rings. The van der Waals surface area contributed by atoms with Crippen LogP contribution in [-0.4, -0.2) is 108 Å². The van der Waals surface area contributed by atoms with E-state index in [0.29, 0.717) is 36.8 Å². The minimum Gasteiger partial charge on any atom is -0.508 e. The van der Waals surface area contributed by atoms with E-state index in [-0.39, 0.29) is 67.7 Å². The predicted octanol–water partition coefficient (Wildman–Crippen LogP) is 2.55. The number of ether oxygens (including phenoxy) is 2. The molecule has 1 saturated heterocycles. The second kappa shape index (κ2) is 12.8. The number of phenolic OH excluding ortho intramolecular Hbond substituents is 2. The molecule has 1 heterocycles. The number of rotatable bonds is 10. The summed E-state index contributed by atoms with van der Waals surface area (Å²) in [6, 6.07) is 4.09. The molecule has 11 heteroatoms. The lowest BCUT2D eigenvalue weighted by atomic mass is 9.43. The zero-order chi connectivity index (χ0) is 35.8. The first-order valence-corrected chi connectivity index (χ1v) is 18.1. The molecule has 0 radical (unpaired) electrons. The van der Waals surface area contributed by atoms with Crippen molar-refractivity contribution in [1.29, 1.82) is 0 Å². The van der Waals surface area contributed by atoms with Crippen LogP contribution in [0.2, 0.25) is 0 Å². The molecule has 0 aromatic heterocycles. The standard InChI is InChI=1S/C38H56O11/c1-19(2)20(3)31(44)34-37(46,9-11-40)33-28(49-34)18-38(47)25-16-26(43)30-29(21-13-22(41)15-23(42)14-21)32(45)27(48-12-6-10-39)17-35(30,4)24(25)7-8-36(33,38)5/h13-16,19-20,24,27-34,39-42,44-47H,6-12,17-18H2,1-5H3/t20-,24+,27-,28-,29-,30-,31-,32-,33+,34+,35+,36+,37+,38-/m0/s1. The van der Waals surface area contributed by atoms with Crippen molar-refractivity contribution in [3.05, 3.63) is 35.4 Å². The van der Waals surface area contributed by atoms with Gasteiger partial charge in [0.25, 0.3) is 0 Å². The number of hydrogen-bond acceptors (Lipinski definition) is 11. The Hall–Kier alpha value is -2.09. The number of aliphatic hydroxyl groups is 6. The third-order valence-corrected chi connectivity index (χ3v) is 13.9. The Kier molecular flexibility index (Phi) is 9.62. The molecular formula is C38H56O11. The Morgan fingerprint density at radius 2 is 1.69 bits per heavy atom. The van der Waals surface area contributed by atoms with Crippen LogP contribution in [0.4, 0.5) is 0 Å². The third-order valence-electron chi connectivity index (χ3n) is 13.9. The fraction of sp³-hybridized carbons (Fsp3) is 0.763. The Balaban J connectivity index is 1.42. The molecule has 3 saturated carbocycles. The van der Waals surface area contributed by atoms with Crippen LogP contribution < -0.4 is 0 Å². The van der Waals surface area contributed by atoms with Crippen LogP contribution in [0.25, 0.3) is 0 Å². The molecule has 14 atom stereocenters. The van der Waals surface area contributed by atoms with Crippen LogP contribution in [0.5, 0.6) is 11.5 Å². The van der Waals surface area contributed by atoms with Gasteiger partial charge in [0, 0.05) is 61.9 Å². The van der Waals surface area contributed by atoms with E-state index >= 15 is 0 Å². The average Bonchev–Trinajstić information content (AvgIpc) is 3.44. The van der Waals surface area contributed by atoms with Crippen LogP contribution in [0.15, 0.2) is 29.8 Å². The van der Waals surface area contributed by atoms with Gasteiger partial charge in [0.15, 0.2) is 5.78 Å². The second-order valence-electron chi connectivity index (χ2n) is 16.7. The lowest BCUT2D eigenvalue weighted by molar-refractivity contribution is -0.187. The highest BCUT2D eigenvalue weighted by molar-refractivity contribution is 5.96. The number of carbonyl (C=O) groups is 1. The number of allylic oxidation sites excluding steroid dienone is 1. The monoisotopic (exact) mass is 688 g/mol. The van der Waals surface area contributed by atoms with Crippen molar-refractivity contribution in [3.63, 3.8) is 0 Å². The van der Waals surface area contributed by atoms with E-state index < -0.39 is 70.3 Å². The van der Waals surface area contributed by atoms with Gasteiger partial charge in [0.05, 0.1) is 30.0 Å². The smallest absolute Gasteiger partial charge is 0.160 e. The zero-order valence-corrected chi connectivity index (χ0v) is 29.3. The molecule has 1 aliphatic heterocycles. The van der Waals surface area contributed by atoms with Crippen LogP contribution in [0, 0.1) is 40.4 Å². The molecule has 0 spiro atoms. The van der Waals surface area contributed by atoms with Crippen molar-refractivity contribution in [2.75, 3.05) is 19.8 Å². The van der Waals surface area contributed by atoms with E-state index in [1.165, 1.54) is 24.3 Å². The van der Waals surface area contributed by atoms with Crippen LogP contribution in [-0.2, 0) is 14.3 Å². The molecule has 49 heavy (non-hydrogen) atoms. The maximum absolute atomic E-state index is 14.5. The van der Waals surface area contributed by atoms with E-state index in [0.717, 1.165) is 0 Å². The van der Waals surface area contributed by atoms with E-state index in [9.17, 15) is 45.6 Å². The minimum absolute atomic E-state index is 0.0310. The number of carbonyl (C=O) groups excluding carboxylic acids is 1. The lowest BCUT2D eigenvalue weighted by Gasteiger charge is -2.62. The number of aliphatic hydroxyl groups excluding tert-OH is 4. The Labute approximate surface area is 288 Å². The summed E-state index contributed by atoms with van der Waals surface area (Å²) >= 11 is 0. The first-order valence-electron chi connectivity index (χ1n) is 18.1. The molecule has 0 amide bonds. The van der Waals surface area contributed by atoms with Gasteiger partial charge in [0.1, 0.15) is 23.2 Å². The van der Waals surface area contributed by atoms with Gasteiger partial charge in [-0.2, -0.15) is 0 Å². The maximum atomic E-state index is 14.5. The topological polar surface area (TPSA) is 197 Å². The molecule has 1 aromatic carbocycles. The molecule has 0 bridgehead atoms. The van der Waals surface area contributed by atoms with Gasteiger partial charge in [-0.25, -0.2) is 0 Å². The molecular weight excluding hydrogens is 632 g/mol. The fourth-order valence-corrected chi connectivity index (χ4v) is 11.2. The van der Waals surface area contributed by atoms with Crippen molar-refractivity contribution in [1.82, 2.24) is 0 Å². The summed E-state index contributed by atoms with van der Waals surface area (Å²) in [6.45, 7) is 9.61. The molecule has 0 unspecified atom stereocenters. The van der Waals surface area contributed by atoms with Gasteiger partial charge in [-0.15, -0.1) is 0 Å². The summed E-state index contributed by atoms with van der Waals surface area (Å²) in [5.41, 5.74) is -3.96. The summed E-state index contributed by atoms with van der Waals surface area (Å²) in [5, 5.41) is 89.0. The van der Waals surface area contributed by atoms with Crippen LogP contribution in [0.3, 0.4) is 0 Å².